The van der Waals surface area contributed by atoms with Crippen LogP contribution in [0.5, 0.6) is 0 Å². The molecule has 0 amide bonds. The van der Waals surface area contributed by atoms with Crippen LogP contribution in [-0.2, 0) is 19.1 Å². The van der Waals surface area contributed by atoms with Crippen molar-refractivity contribution in [2.75, 3.05) is 6.61 Å². The molecule has 0 aromatic rings. The first-order chi connectivity index (χ1) is 12.1. The summed E-state index contributed by atoms with van der Waals surface area (Å²) in [4.78, 5) is 24.9. The minimum absolute atomic E-state index is 0.0175. The van der Waals surface area contributed by atoms with Crippen molar-refractivity contribution >= 4 is 11.8 Å². The molecule has 0 N–H and O–H groups in total. The smallest absolute Gasteiger partial charge is 0.305 e. The Labute approximate surface area is 158 Å². The first-order valence-electron chi connectivity index (χ1n) is 10.1. The van der Waals surface area contributed by atoms with Gasteiger partial charge in [0.15, 0.2) is 0 Å². The van der Waals surface area contributed by atoms with E-state index in [0.29, 0.717) is 25.4 Å². The lowest BCUT2D eigenvalue weighted by Gasteiger charge is -2.28. The third-order valence-electron chi connectivity index (χ3n) is 6.50. The van der Waals surface area contributed by atoms with Gasteiger partial charge in [-0.05, 0) is 32.1 Å². The van der Waals surface area contributed by atoms with Crippen LogP contribution in [0.2, 0.25) is 0 Å². The van der Waals surface area contributed by atoms with E-state index < -0.39 is 5.41 Å². The zero-order valence-corrected chi connectivity index (χ0v) is 17.2. The van der Waals surface area contributed by atoms with Crippen LogP contribution < -0.4 is 0 Å². The fourth-order valence-electron chi connectivity index (χ4n) is 4.52. The highest BCUT2D eigenvalue weighted by molar-refractivity contribution is 5.86. The van der Waals surface area contributed by atoms with Crippen LogP contribution in [0.1, 0.15) is 79.6 Å². The summed E-state index contributed by atoms with van der Waals surface area (Å²) in [7, 11) is 0. The van der Waals surface area contributed by atoms with Gasteiger partial charge in [-0.1, -0.05) is 46.6 Å². The second-order valence-electron chi connectivity index (χ2n) is 9.28. The molecule has 0 saturated carbocycles. The van der Waals surface area contributed by atoms with Gasteiger partial charge in [0.25, 0.3) is 0 Å². The zero-order chi connectivity index (χ0) is 19.6. The minimum atomic E-state index is -0.490. The summed E-state index contributed by atoms with van der Waals surface area (Å²) in [5, 5.41) is 0. The Bertz CT molecular complexity index is 552. The minimum Gasteiger partial charge on any atom is -0.466 e. The summed E-state index contributed by atoms with van der Waals surface area (Å²) < 4.78 is 11.5. The maximum atomic E-state index is 12.8. The number of carbonyl (C=O) groups excluding carboxylic acids is 2. The van der Waals surface area contributed by atoms with Crippen LogP contribution >= 0.6 is 0 Å². The van der Waals surface area contributed by atoms with E-state index in [1.807, 2.05) is 26.8 Å². The standard InChI is InChI=1S/C22H36O4/c1-7-22-13-14-25-18(23)10-12-20(4,5)19(24)17(3)15-16(2)9-8-11-21(22,6)26-22/h7,16-17H,1,8-15H2,2-6H3. The van der Waals surface area contributed by atoms with Crippen molar-refractivity contribution in [2.24, 2.45) is 17.3 Å². The second-order valence-corrected chi connectivity index (χ2v) is 9.28. The van der Waals surface area contributed by atoms with Gasteiger partial charge in [-0.15, -0.1) is 6.58 Å². The number of rotatable bonds is 1. The van der Waals surface area contributed by atoms with Crippen LogP contribution in [0.15, 0.2) is 12.7 Å². The number of hydrogen-bond acceptors (Lipinski definition) is 4. The number of cyclic esters (lactones) is 1. The maximum Gasteiger partial charge on any atom is 0.305 e. The van der Waals surface area contributed by atoms with E-state index >= 15 is 0 Å². The largest absolute Gasteiger partial charge is 0.466 e. The van der Waals surface area contributed by atoms with Crippen molar-refractivity contribution in [3.63, 3.8) is 0 Å². The third-order valence-corrected chi connectivity index (χ3v) is 6.50. The Morgan fingerprint density at radius 3 is 2.46 bits per heavy atom. The first kappa shape index (κ1) is 21.1. The Hall–Kier alpha value is -1.16. The molecule has 4 atom stereocenters. The van der Waals surface area contributed by atoms with E-state index in [4.69, 9.17) is 9.47 Å². The molecule has 26 heavy (non-hydrogen) atoms. The molecule has 0 aromatic carbocycles. The molecule has 4 heteroatoms. The van der Waals surface area contributed by atoms with Gasteiger partial charge in [-0.2, -0.15) is 0 Å². The van der Waals surface area contributed by atoms with Crippen LogP contribution in [0.4, 0.5) is 0 Å². The van der Waals surface area contributed by atoms with E-state index in [-0.39, 0.29) is 35.3 Å². The van der Waals surface area contributed by atoms with Crippen molar-refractivity contribution in [1.82, 2.24) is 0 Å². The SMILES string of the molecule is C=CC12CCOC(=O)CCC(C)(C)C(=O)C(C)CC(C)CCCC1(C)O2. The van der Waals surface area contributed by atoms with Crippen molar-refractivity contribution in [2.45, 2.75) is 90.8 Å². The highest BCUT2D eigenvalue weighted by Gasteiger charge is 2.63. The average Bonchev–Trinajstić information content (AvgIpc) is 3.16. The van der Waals surface area contributed by atoms with E-state index in [2.05, 4.69) is 20.4 Å². The Morgan fingerprint density at radius 1 is 1.12 bits per heavy atom. The number of Topliss-reactive ketones (excluding diaryl/α,β-unsaturated/α-hetero) is 1. The molecule has 148 valence electrons. The summed E-state index contributed by atoms with van der Waals surface area (Å²) >= 11 is 0. The summed E-state index contributed by atoms with van der Waals surface area (Å²) in [6, 6.07) is 0. The molecule has 0 aliphatic carbocycles. The number of hydrogen-bond donors (Lipinski definition) is 0. The van der Waals surface area contributed by atoms with Crippen LogP contribution in [-0.4, -0.2) is 29.6 Å². The summed E-state index contributed by atoms with van der Waals surface area (Å²) in [5.41, 5.74) is -1.06. The van der Waals surface area contributed by atoms with E-state index in [1.165, 1.54) is 0 Å². The van der Waals surface area contributed by atoms with Gasteiger partial charge in [0, 0.05) is 24.2 Å². The first-order valence-corrected chi connectivity index (χ1v) is 10.1. The highest BCUT2D eigenvalue weighted by Crippen LogP contribution is 2.54. The summed E-state index contributed by atoms with van der Waals surface area (Å²) in [6.07, 6.45) is 7.36. The molecule has 0 bridgehead atoms. The van der Waals surface area contributed by atoms with Gasteiger partial charge in [0.1, 0.15) is 11.4 Å². The topological polar surface area (TPSA) is 55.9 Å². The number of carbonyl (C=O) groups is 2. The molecular formula is C22H36O4. The van der Waals surface area contributed by atoms with Gasteiger partial charge in [0.05, 0.1) is 12.2 Å². The lowest BCUT2D eigenvalue weighted by atomic mass is 9.75. The Kier molecular flexibility index (Phi) is 6.37. The van der Waals surface area contributed by atoms with Crippen molar-refractivity contribution in [3.8, 4) is 0 Å². The lowest BCUT2D eigenvalue weighted by Crippen LogP contribution is -2.31. The summed E-state index contributed by atoms with van der Waals surface area (Å²) in [5.74, 6) is 0.542. The van der Waals surface area contributed by atoms with Crippen LogP contribution in [0.25, 0.3) is 0 Å². The predicted molar refractivity (Wildman–Crippen MR) is 103 cm³/mol. The second kappa shape index (κ2) is 7.84. The third kappa shape index (κ3) is 4.57. The van der Waals surface area contributed by atoms with Gasteiger partial charge < -0.3 is 9.47 Å². The molecule has 4 unspecified atom stereocenters. The average molecular weight is 365 g/mol. The molecular weight excluding hydrogens is 328 g/mol. The molecule has 0 spiro atoms. The van der Waals surface area contributed by atoms with E-state index in [0.717, 1.165) is 25.7 Å². The lowest BCUT2D eigenvalue weighted by molar-refractivity contribution is -0.145. The van der Waals surface area contributed by atoms with Crippen molar-refractivity contribution in [3.05, 3.63) is 12.7 Å². The Balaban J connectivity index is 2.08. The van der Waals surface area contributed by atoms with Gasteiger partial charge in [-0.3, -0.25) is 9.59 Å². The molecule has 2 heterocycles. The van der Waals surface area contributed by atoms with Gasteiger partial charge in [-0.25, -0.2) is 0 Å². The van der Waals surface area contributed by atoms with Crippen molar-refractivity contribution in [1.29, 1.82) is 0 Å². The predicted octanol–water partition coefficient (Wildman–Crippen LogP) is 4.86. The van der Waals surface area contributed by atoms with Gasteiger partial charge >= 0.3 is 5.97 Å². The zero-order valence-electron chi connectivity index (χ0n) is 17.2. The van der Waals surface area contributed by atoms with E-state index in [9.17, 15) is 9.59 Å². The quantitative estimate of drug-likeness (QED) is 0.379. The fraction of sp³-hybridized carbons (Fsp3) is 0.818. The molecule has 2 aliphatic heterocycles. The molecule has 4 nitrogen and oxygen atoms in total. The van der Waals surface area contributed by atoms with Crippen molar-refractivity contribution < 1.29 is 19.1 Å². The normalized spacial score (nSPS) is 39.6. The molecule has 0 radical (unpaired) electrons. The van der Waals surface area contributed by atoms with Crippen LogP contribution in [0, 0.1) is 17.3 Å². The van der Waals surface area contributed by atoms with E-state index in [1.54, 1.807) is 0 Å². The van der Waals surface area contributed by atoms with Crippen LogP contribution in [0.3, 0.4) is 0 Å². The number of ketones is 1. The number of esters is 1. The molecule has 0 aromatic heterocycles. The molecule has 2 aliphatic rings. The maximum absolute atomic E-state index is 12.8. The monoisotopic (exact) mass is 364 g/mol. The number of fused-ring (bicyclic) bond motifs is 1. The van der Waals surface area contributed by atoms with Gasteiger partial charge in [0.2, 0.25) is 0 Å². The molecule has 2 fully saturated rings. The fourth-order valence-corrected chi connectivity index (χ4v) is 4.52. The number of ether oxygens (including phenoxy) is 2. The summed E-state index contributed by atoms with van der Waals surface area (Å²) in [6.45, 7) is 14.5. The number of epoxide rings is 1. The molecule has 2 saturated heterocycles. The molecule has 2 rings (SSSR count). The highest BCUT2D eigenvalue weighted by atomic mass is 16.6. The Morgan fingerprint density at radius 2 is 1.81 bits per heavy atom.